The average Bonchev–Trinajstić information content (AvgIpc) is 2.81. The molecule has 21 heavy (non-hydrogen) atoms. The number of imide groups is 1. The zero-order valence-corrected chi connectivity index (χ0v) is 12.2. The zero-order valence-electron chi connectivity index (χ0n) is 12.2. The van der Waals surface area contributed by atoms with Crippen molar-refractivity contribution in [3.05, 3.63) is 34.9 Å². The highest BCUT2D eigenvalue weighted by Gasteiger charge is 2.33. The molecule has 5 nitrogen and oxygen atoms in total. The highest BCUT2D eigenvalue weighted by Crippen LogP contribution is 2.32. The van der Waals surface area contributed by atoms with Crippen LogP contribution < -0.4 is 5.32 Å². The number of fused-ring (bicyclic) bond motifs is 1. The number of nitrogens with zero attached hydrogens (tertiary/aromatic N) is 1. The molecule has 3 rings (SSSR count). The van der Waals surface area contributed by atoms with E-state index in [2.05, 4.69) is 17.1 Å². The minimum Gasteiger partial charge on any atom is -0.379 e. The number of amides is 2. The fraction of sp³-hybridized carbons (Fsp3) is 0.500. The van der Waals surface area contributed by atoms with Crippen LogP contribution in [0.15, 0.2) is 18.2 Å². The van der Waals surface area contributed by atoms with Crippen LogP contribution in [0.4, 0.5) is 0 Å². The molecule has 1 unspecified atom stereocenters. The van der Waals surface area contributed by atoms with E-state index in [1.54, 1.807) is 6.07 Å². The van der Waals surface area contributed by atoms with Gasteiger partial charge in [-0.2, -0.15) is 0 Å². The van der Waals surface area contributed by atoms with E-state index in [9.17, 15) is 9.59 Å². The molecule has 2 aliphatic rings. The van der Waals surface area contributed by atoms with Crippen molar-refractivity contribution in [2.45, 2.75) is 25.8 Å². The van der Waals surface area contributed by atoms with E-state index in [-0.39, 0.29) is 17.9 Å². The molecular formula is C16H20N2O3. The van der Waals surface area contributed by atoms with Gasteiger partial charge in [-0.05, 0) is 18.1 Å². The van der Waals surface area contributed by atoms with E-state index in [4.69, 9.17) is 4.74 Å². The molecule has 1 aromatic carbocycles. The maximum Gasteiger partial charge on any atom is 0.259 e. The summed E-state index contributed by atoms with van der Waals surface area (Å²) in [5.41, 5.74) is 2.04. The van der Waals surface area contributed by atoms with Crippen molar-refractivity contribution in [3.8, 4) is 0 Å². The van der Waals surface area contributed by atoms with E-state index >= 15 is 0 Å². The summed E-state index contributed by atoms with van der Waals surface area (Å²) in [7, 11) is 0. The van der Waals surface area contributed by atoms with E-state index in [0.717, 1.165) is 44.7 Å². The first-order valence-electron chi connectivity index (χ1n) is 7.52. The molecule has 1 saturated heterocycles. The first-order valence-corrected chi connectivity index (χ1v) is 7.52. The molecule has 0 radical (unpaired) electrons. The quantitative estimate of drug-likeness (QED) is 0.857. The molecule has 0 aliphatic carbocycles. The Hall–Kier alpha value is -1.72. The summed E-state index contributed by atoms with van der Waals surface area (Å²) in [5.74, 6) is -0.547. The SMILES string of the molecule is CCCC(c1cccc2c1C(=O)NC2=O)N1CCOCC1. The largest absolute Gasteiger partial charge is 0.379 e. The number of morpholine rings is 1. The van der Waals surface area contributed by atoms with Gasteiger partial charge in [-0.1, -0.05) is 25.5 Å². The lowest BCUT2D eigenvalue weighted by molar-refractivity contribution is 0.0139. The van der Waals surface area contributed by atoms with Crippen molar-refractivity contribution < 1.29 is 14.3 Å². The summed E-state index contributed by atoms with van der Waals surface area (Å²) in [6, 6.07) is 5.74. The van der Waals surface area contributed by atoms with Crippen molar-refractivity contribution >= 4 is 11.8 Å². The predicted octanol–water partition coefficient (Wildman–Crippen LogP) is 1.74. The molecule has 0 spiro atoms. The third kappa shape index (κ3) is 2.59. The summed E-state index contributed by atoms with van der Waals surface area (Å²) >= 11 is 0. The van der Waals surface area contributed by atoms with Gasteiger partial charge in [0.25, 0.3) is 11.8 Å². The van der Waals surface area contributed by atoms with Crippen LogP contribution >= 0.6 is 0 Å². The molecule has 0 aromatic heterocycles. The summed E-state index contributed by atoms with van der Waals surface area (Å²) in [4.78, 5) is 26.3. The van der Waals surface area contributed by atoms with Gasteiger partial charge in [0.05, 0.1) is 24.3 Å². The Morgan fingerprint density at radius 2 is 2.00 bits per heavy atom. The van der Waals surface area contributed by atoms with Crippen LogP contribution in [0.2, 0.25) is 0 Å². The van der Waals surface area contributed by atoms with Gasteiger partial charge in [-0.25, -0.2) is 0 Å². The highest BCUT2D eigenvalue weighted by molar-refractivity contribution is 6.22. The Morgan fingerprint density at radius 1 is 1.24 bits per heavy atom. The van der Waals surface area contributed by atoms with Crippen LogP contribution in [0.25, 0.3) is 0 Å². The number of benzene rings is 1. The minimum absolute atomic E-state index is 0.172. The maximum absolute atomic E-state index is 12.1. The average molecular weight is 288 g/mol. The predicted molar refractivity (Wildman–Crippen MR) is 78.3 cm³/mol. The Balaban J connectivity index is 2.00. The third-order valence-corrected chi connectivity index (χ3v) is 4.20. The van der Waals surface area contributed by atoms with E-state index in [0.29, 0.717) is 11.1 Å². The van der Waals surface area contributed by atoms with Crippen LogP contribution in [0, 0.1) is 0 Å². The van der Waals surface area contributed by atoms with Crippen molar-refractivity contribution in [1.82, 2.24) is 10.2 Å². The van der Waals surface area contributed by atoms with Crippen molar-refractivity contribution in [1.29, 1.82) is 0 Å². The summed E-state index contributed by atoms with van der Waals surface area (Å²) in [5, 5.41) is 2.40. The van der Waals surface area contributed by atoms with Crippen molar-refractivity contribution in [2.24, 2.45) is 0 Å². The lowest BCUT2D eigenvalue weighted by atomic mass is 9.93. The molecule has 1 N–H and O–H groups in total. The van der Waals surface area contributed by atoms with Gasteiger partial charge in [0.15, 0.2) is 0 Å². The zero-order chi connectivity index (χ0) is 14.8. The number of hydrogen-bond acceptors (Lipinski definition) is 4. The molecule has 2 aliphatic heterocycles. The molecule has 2 amide bonds. The molecule has 1 fully saturated rings. The lowest BCUT2D eigenvalue weighted by Crippen LogP contribution is -2.39. The molecular weight excluding hydrogens is 268 g/mol. The van der Waals surface area contributed by atoms with Gasteiger partial charge in [0, 0.05) is 19.1 Å². The summed E-state index contributed by atoms with van der Waals surface area (Å²) < 4.78 is 5.42. The topological polar surface area (TPSA) is 58.6 Å². The van der Waals surface area contributed by atoms with Gasteiger partial charge in [0.1, 0.15) is 0 Å². The number of carbonyl (C=O) groups excluding carboxylic acids is 2. The number of hydrogen-bond donors (Lipinski definition) is 1. The van der Waals surface area contributed by atoms with Crippen LogP contribution in [0.1, 0.15) is 52.1 Å². The monoisotopic (exact) mass is 288 g/mol. The second-order valence-electron chi connectivity index (χ2n) is 5.51. The number of nitrogens with one attached hydrogen (secondary N) is 1. The van der Waals surface area contributed by atoms with E-state index in [1.165, 1.54) is 0 Å². The van der Waals surface area contributed by atoms with Gasteiger partial charge < -0.3 is 4.74 Å². The molecule has 2 heterocycles. The highest BCUT2D eigenvalue weighted by atomic mass is 16.5. The van der Waals surface area contributed by atoms with Crippen LogP contribution in [0.3, 0.4) is 0 Å². The molecule has 5 heteroatoms. The second kappa shape index (κ2) is 5.95. The van der Waals surface area contributed by atoms with Gasteiger partial charge >= 0.3 is 0 Å². The Bertz CT molecular complexity index is 565. The Labute approximate surface area is 124 Å². The van der Waals surface area contributed by atoms with Crippen molar-refractivity contribution in [3.63, 3.8) is 0 Å². The van der Waals surface area contributed by atoms with Gasteiger partial charge in [0.2, 0.25) is 0 Å². The summed E-state index contributed by atoms with van der Waals surface area (Å²) in [6.07, 6.45) is 2.00. The number of carbonyl (C=O) groups is 2. The van der Waals surface area contributed by atoms with E-state index in [1.807, 2.05) is 12.1 Å². The fourth-order valence-corrected chi connectivity index (χ4v) is 3.22. The molecule has 0 saturated carbocycles. The summed E-state index contributed by atoms with van der Waals surface area (Å²) in [6.45, 7) is 5.32. The molecule has 112 valence electrons. The second-order valence-corrected chi connectivity index (χ2v) is 5.51. The van der Waals surface area contributed by atoms with Crippen LogP contribution in [0.5, 0.6) is 0 Å². The maximum atomic E-state index is 12.1. The standard InChI is InChI=1S/C16H20N2O3/c1-2-4-13(18-7-9-21-10-8-18)11-5-3-6-12-14(11)16(20)17-15(12)19/h3,5-6,13H,2,4,7-10H2,1H3,(H,17,19,20). The number of rotatable bonds is 4. The van der Waals surface area contributed by atoms with Gasteiger partial charge in [-0.3, -0.25) is 19.8 Å². The first kappa shape index (κ1) is 14.2. The molecule has 1 atom stereocenters. The molecule has 0 bridgehead atoms. The Morgan fingerprint density at radius 3 is 2.71 bits per heavy atom. The lowest BCUT2D eigenvalue weighted by Gasteiger charge is -2.35. The first-order chi connectivity index (χ1) is 10.2. The van der Waals surface area contributed by atoms with Crippen molar-refractivity contribution in [2.75, 3.05) is 26.3 Å². The van der Waals surface area contributed by atoms with E-state index < -0.39 is 0 Å². The minimum atomic E-state index is -0.283. The van der Waals surface area contributed by atoms with Crippen LogP contribution in [-0.4, -0.2) is 43.0 Å². The normalized spacial score (nSPS) is 20.2. The van der Waals surface area contributed by atoms with Gasteiger partial charge in [-0.15, -0.1) is 0 Å². The fourth-order valence-electron chi connectivity index (χ4n) is 3.22. The third-order valence-electron chi connectivity index (χ3n) is 4.20. The van der Waals surface area contributed by atoms with Crippen LogP contribution in [-0.2, 0) is 4.74 Å². The molecule has 1 aromatic rings. The smallest absolute Gasteiger partial charge is 0.259 e. The Kier molecular flexibility index (Phi) is 4.03. The number of ether oxygens (including phenoxy) is 1.